The molecule has 0 aliphatic carbocycles. The molecule has 1 aromatic heterocycles. The van der Waals surface area contributed by atoms with Gasteiger partial charge in [-0.3, -0.25) is 9.89 Å². The maximum absolute atomic E-state index is 5.41. The summed E-state index contributed by atoms with van der Waals surface area (Å²) in [7, 11) is 0. The maximum Gasteiger partial charge on any atom is 0.194 e. The van der Waals surface area contributed by atoms with Gasteiger partial charge in [0.15, 0.2) is 5.96 Å². The lowest BCUT2D eigenvalue weighted by atomic mass is 10.2. The average Bonchev–Trinajstić information content (AvgIpc) is 3.34. The molecule has 2 aliphatic rings. The van der Waals surface area contributed by atoms with Gasteiger partial charge in [0.05, 0.1) is 6.26 Å². The van der Waals surface area contributed by atoms with Gasteiger partial charge in [-0.2, -0.15) is 0 Å². The van der Waals surface area contributed by atoms with Crippen LogP contribution in [-0.4, -0.2) is 60.6 Å². The monoisotopic (exact) mass is 458 g/mol. The Morgan fingerprint density at radius 1 is 1.40 bits per heavy atom. The van der Waals surface area contributed by atoms with Crippen LogP contribution in [0.25, 0.3) is 0 Å². The van der Waals surface area contributed by atoms with Gasteiger partial charge >= 0.3 is 0 Å². The molecule has 0 saturated carbocycles. The number of halogens is 1. The molecule has 6 heteroatoms. The van der Waals surface area contributed by atoms with E-state index in [1.165, 1.54) is 6.42 Å². The van der Waals surface area contributed by atoms with Crippen LogP contribution in [0, 0.1) is 0 Å². The van der Waals surface area contributed by atoms with Crippen LogP contribution in [0.1, 0.15) is 32.4 Å². The zero-order chi connectivity index (χ0) is 16.8. The lowest BCUT2D eigenvalue weighted by Crippen LogP contribution is -2.45. The average molecular weight is 458 g/mol. The molecule has 0 radical (unpaired) electrons. The van der Waals surface area contributed by atoms with Crippen molar-refractivity contribution in [2.45, 2.75) is 45.2 Å². The second-order valence-electron chi connectivity index (χ2n) is 6.80. The van der Waals surface area contributed by atoms with E-state index in [2.05, 4.69) is 41.1 Å². The highest BCUT2D eigenvalue weighted by molar-refractivity contribution is 14.0. The highest BCUT2D eigenvalue weighted by Crippen LogP contribution is 2.18. The van der Waals surface area contributed by atoms with E-state index in [1.54, 1.807) is 6.26 Å². The van der Waals surface area contributed by atoms with Gasteiger partial charge in [0.1, 0.15) is 5.76 Å². The van der Waals surface area contributed by atoms with E-state index in [4.69, 9.17) is 9.41 Å². The number of nitrogens with zero attached hydrogens (tertiary/aromatic N) is 3. The van der Waals surface area contributed by atoms with Crippen molar-refractivity contribution in [2.75, 3.05) is 32.7 Å². The van der Waals surface area contributed by atoms with Gasteiger partial charge in [0, 0.05) is 51.2 Å². The number of hydrogen-bond acceptors (Lipinski definition) is 3. The van der Waals surface area contributed by atoms with Crippen molar-refractivity contribution in [2.24, 2.45) is 4.99 Å². The van der Waals surface area contributed by atoms with Gasteiger partial charge in [0.25, 0.3) is 0 Å². The Labute approximate surface area is 168 Å². The molecule has 1 saturated heterocycles. The Morgan fingerprint density at radius 3 is 2.88 bits per heavy atom. The zero-order valence-electron chi connectivity index (χ0n) is 15.4. The first-order valence-electron chi connectivity index (χ1n) is 9.23. The van der Waals surface area contributed by atoms with Crippen molar-refractivity contribution in [3.05, 3.63) is 36.3 Å². The fourth-order valence-corrected chi connectivity index (χ4v) is 3.31. The summed E-state index contributed by atoms with van der Waals surface area (Å²) in [6.45, 7) is 9.55. The number of likely N-dealkylation sites (tertiary alicyclic amines) is 1. The summed E-state index contributed by atoms with van der Waals surface area (Å²) < 4.78 is 5.41. The predicted molar refractivity (Wildman–Crippen MR) is 114 cm³/mol. The molecule has 5 nitrogen and oxygen atoms in total. The summed E-state index contributed by atoms with van der Waals surface area (Å²) in [6.07, 6.45) is 9.46. The van der Waals surface area contributed by atoms with Crippen LogP contribution in [0.3, 0.4) is 0 Å². The molecule has 3 heterocycles. The molecule has 25 heavy (non-hydrogen) atoms. The minimum Gasteiger partial charge on any atom is -0.469 e. The van der Waals surface area contributed by atoms with Crippen LogP contribution < -0.4 is 5.32 Å². The van der Waals surface area contributed by atoms with E-state index in [1.807, 2.05) is 12.1 Å². The summed E-state index contributed by atoms with van der Waals surface area (Å²) in [4.78, 5) is 9.85. The standard InChI is InChI=1S/C19H30N4O.HI/c1-3-16(2)21-19(20-10-8-18-7-6-14-24-18)23-13-9-17(15-23)22-11-4-5-12-22;/h4-7,14,16-17H,3,8-13,15H2,1-2H3,(H,20,21);1H. The minimum absolute atomic E-state index is 0. The van der Waals surface area contributed by atoms with E-state index in [9.17, 15) is 0 Å². The first-order chi connectivity index (χ1) is 11.8. The molecular formula is C19H31IN4O. The normalized spacial score (nSPS) is 22.2. The highest BCUT2D eigenvalue weighted by atomic mass is 127. The molecule has 2 atom stereocenters. The molecule has 0 bridgehead atoms. The van der Waals surface area contributed by atoms with Crippen molar-refractivity contribution in [3.63, 3.8) is 0 Å². The van der Waals surface area contributed by atoms with Crippen LogP contribution >= 0.6 is 24.0 Å². The number of nitrogens with one attached hydrogen (secondary N) is 1. The van der Waals surface area contributed by atoms with Crippen LogP contribution in [-0.2, 0) is 6.42 Å². The summed E-state index contributed by atoms with van der Waals surface area (Å²) in [5.41, 5.74) is 0. The number of furan rings is 1. The van der Waals surface area contributed by atoms with E-state index in [0.29, 0.717) is 12.1 Å². The molecular weight excluding hydrogens is 427 g/mol. The second kappa shape index (κ2) is 10.2. The molecule has 3 rings (SSSR count). The molecule has 1 N–H and O–H groups in total. The van der Waals surface area contributed by atoms with E-state index in [0.717, 1.165) is 57.3 Å². The fourth-order valence-electron chi connectivity index (χ4n) is 3.31. The van der Waals surface area contributed by atoms with Crippen LogP contribution in [0.2, 0.25) is 0 Å². The van der Waals surface area contributed by atoms with Gasteiger partial charge in [-0.25, -0.2) is 0 Å². The second-order valence-corrected chi connectivity index (χ2v) is 6.80. The van der Waals surface area contributed by atoms with E-state index < -0.39 is 0 Å². The quantitative estimate of drug-likeness (QED) is 0.308. The Hall–Kier alpha value is -1.02. The summed E-state index contributed by atoms with van der Waals surface area (Å²) >= 11 is 0. The summed E-state index contributed by atoms with van der Waals surface area (Å²) in [5, 5.41) is 3.61. The van der Waals surface area contributed by atoms with Crippen LogP contribution in [0.4, 0.5) is 0 Å². The van der Waals surface area contributed by atoms with Gasteiger partial charge in [-0.1, -0.05) is 19.1 Å². The van der Waals surface area contributed by atoms with Gasteiger partial charge in [0.2, 0.25) is 0 Å². The third-order valence-electron chi connectivity index (χ3n) is 5.01. The minimum atomic E-state index is 0. The largest absolute Gasteiger partial charge is 0.469 e. The fraction of sp³-hybridized carbons (Fsp3) is 0.632. The van der Waals surface area contributed by atoms with E-state index >= 15 is 0 Å². The van der Waals surface area contributed by atoms with Gasteiger partial charge in [-0.15, -0.1) is 24.0 Å². The Bertz CT molecular complexity index is 550. The molecule has 2 aliphatic heterocycles. The van der Waals surface area contributed by atoms with Crippen molar-refractivity contribution in [1.82, 2.24) is 15.1 Å². The van der Waals surface area contributed by atoms with Crippen LogP contribution in [0.5, 0.6) is 0 Å². The first kappa shape index (κ1) is 20.3. The Morgan fingerprint density at radius 2 is 2.20 bits per heavy atom. The number of hydrogen-bond donors (Lipinski definition) is 1. The number of rotatable bonds is 6. The summed E-state index contributed by atoms with van der Waals surface area (Å²) in [5.74, 6) is 2.06. The lowest BCUT2D eigenvalue weighted by Gasteiger charge is -2.27. The molecule has 140 valence electrons. The third kappa shape index (κ3) is 5.74. The molecule has 1 fully saturated rings. The topological polar surface area (TPSA) is 44.0 Å². The SMILES string of the molecule is CCC(C)NC(=NCCc1ccco1)N1CCC(N2CC=CC2)C1.I. The molecule has 0 amide bonds. The van der Waals surface area contributed by atoms with Gasteiger partial charge < -0.3 is 14.6 Å². The number of guanidine groups is 1. The third-order valence-corrected chi connectivity index (χ3v) is 5.01. The lowest BCUT2D eigenvalue weighted by molar-refractivity contribution is 0.259. The van der Waals surface area contributed by atoms with Crippen molar-refractivity contribution >= 4 is 29.9 Å². The number of aliphatic imine (C=N–C) groups is 1. The molecule has 1 aromatic rings. The smallest absolute Gasteiger partial charge is 0.194 e. The Balaban J connectivity index is 0.00000225. The zero-order valence-corrected chi connectivity index (χ0v) is 17.7. The Kier molecular flexibility index (Phi) is 8.29. The van der Waals surface area contributed by atoms with E-state index in [-0.39, 0.29) is 24.0 Å². The first-order valence-corrected chi connectivity index (χ1v) is 9.23. The highest BCUT2D eigenvalue weighted by Gasteiger charge is 2.29. The maximum atomic E-state index is 5.41. The summed E-state index contributed by atoms with van der Waals surface area (Å²) in [6, 6.07) is 5.05. The van der Waals surface area contributed by atoms with Crippen molar-refractivity contribution < 1.29 is 4.42 Å². The van der Waals surface area contributed by atoms with Gasteiger partial charge in [-0.05, 0) is 31.9 Å². The van der Waals surface area contributed by atoms with Crippen molar-refractivity contribution in [3.8, 4) is 0 Å². The predicted octanol–water partition coefficient (Wildman–Crippen LogP) is 3.13. The molecule has 0 spiro atoms. The molecule has 0 aromatic carbocycles. The van der Waals surface area contributed by atoms with Crippen LogP contribution in [0.15, 0.2) is 40.0 Å². The molecule has 2 unspecified atom stereocenters. The van der Waals surface area contributed by atoms with Crippen molar-refractivity contribution in [1.29, 1.82) is 0 Å².